The second-order valence-corrected chi connectivity index (χ2v) is 5.97. The van der Waals surface area contributed by atoms with Crippen molar-refractivity contribution in [3.63, 3.8) is 0 Å². The van der Waals surface area contributed by atoms with Gasteiger partial charge in [-0.05, 0) is 46.8 Å². The van der Waals surface area contributed by atoms with Gasteiger partial charge in [0, 0.05) is 6.20 Å². The molecule has 108 valence electrons. The first-order valence-electron chi connectivity index (χ1n) is 6.67. The van der Waals surface area contributed by atoms with Gasteiger partial charge in [0.1, 0.15) is 5.82 Å². The molecule has 1 aliphatic rings. The van der Waals surface area contributed by atoms with E-state index in [-0.39, 0.29) is 5.91 Å². The number of halogens is 1. The fourth-order valence-corrected chi connectivity index (χ4v) is 3.08. The number of hydrogen-bond acceptors (Lipinski definition) is 3. The Hall–Kier alpha value is -1.43. The Bertz CT molecular complexity index is 521. The number of carbonyl (C=O) groups is 2. The molecule has 5 nitrogen and oxygen atoms in total. The lowest BCUT2D eigenvalue weighted by Gasteiger charge is -2.15. The number of anilines is 1. The Morgan fingerprint density at radius 1 is 1.45 bits per heavy atom. The van der Waals surface area contributed by atoms with E-state index in [0.29, 0.717) is 29.1 Å². The number of carboxylic acid groups (broad SMARTS) is 1. The zero-order chi connectivity index (χ0) is 14.7. The minimum atomic E-state index is -0.888. The molecule has 20 heavy (non-hydrogen) atoms. The molecule has 2 rings (SSSR count). The van der Waals surface area contributed by atoms with Crippen molar-refractivity contribution in [2.75, 3.05) is 5.32 Å². The van der Waals surface area contributed by atoms with Gasteiger partial charge in [0.15, 0.2) is 0 Å². The Balaban J connectivity index is 2.11. The quantitative estimate of drug-likeness (QED) is 0.883. The Morgan fingerprint density at radius 3 is 2.75 bits per heavy atom. The highest BCUT2D eigenvalue weighted by Crippen LogP contribution is 2.39. The SMILES string of the molecule is CCC1C[C@H](C(=O)Nc2ncccc2Br)[C@H](C(=O)O)C1. The highest BCUT2D eigenvalue weighted by atomic mass is 79.9. The van der Waals surface area contributed by atoms with E-state index in [4.69, 9.17) is 0 Å². The lowest BCUT2D eigenvalue weighted by Crippen LogP contribution is -2.30. The maximum atomic E-state index is 12.3. The van der Waals surface area contributed by atoms with E-state index in [1.807, 2.05) is 6.92 Å². The minimum Gasteiger partial charge on any atom is -0.481 e. The number of carbonyl (C=O) groups excluding carboxylic acids is 1. The van der Waals surface area contributed by atoms with Gasteiger partial charge in [-0.25, -0.2) is 4.98 Å². The van der Waals surface area contributed by atoms with Crippen LogP contribution >= 0.6 is 15.9 Å². The lowest BCUT2D eigenvalue weighted by molar-refractivity contribution is -0.145. The standard InChI is InChI=1S/C14H17BrN2O3/c1-2-8-6-9(10(7-8)14(19)20)13(18)17-12-11(15)4-3-5-16-12/h3-5,8-10H,2,6-7H2,1H3,(H,19,20)(H,16,17,18)/t8?,9-,10+/m0/s1. The van der Waals surface area contributed by atoms with Crippen LogP contribution in [0.3, 0.4) is 0 Å². The van der Waals surface area contributed by atoms with E-state index < -0.39 is 17.8 Å². The van der Waals surface area contributed by atoms with E-state index in [0.717, 1.165) is 6.42 Å². The summed E-state index contributed by atoms with van der Waals surface area (Å²) in [6.45, 7) is 2.03. The molecule has 1 aromatic rings. The normalized spacial score (nSPS) is 25.4. The maximum Gasteiger partial charge on any atom is 0.307 e. The van der Waals surface area contributed by atoms with Gasteiger partial charge in [0.2, 0.25) is 5.91 Å². The fraction of sp³-hybridized carbons (Fsp3) is 0.500. The van der Waals surface area contributed by atoms with Crippen molar-refractivity contribution in [2.24, 2.45) is 17.8 Å². The van der Waals surface area contributed by atoms with Crippen molar-refractivity contribution in [1.82, 2.24) is 4.98 Å². The molecule has 1 fully saturated rings. The average molecular weight is 341 g/mol. The van der Waals surface area contributed by atoms with Gasteiger partial charge in [0.05, 0.1) is 16.3 Å². The first-order valence-corrected chi connectivity index (χ1v) is 7.46. The van der Waals surface area contributed by atoms with Gasteiger partial charge in [0.25, 0.3) is 0 Å². The summed E-state index contributed by atoms with van der Waals surface area (Å²) in [5.41, 5.74) is 0. The van der Waals surface area contributed by atoms with E-state index in [1.165, 1.54) is 0 Å². The smallest absolute Gasteiger partial charge is 0.307 e. The van der Waals surface area contributed by atoms with Gasteiger partial charge in [-0.1, -0.05) is 13.3 Å². The predicted molar refractivity (Wildman–Crippen MR) is 78.2 cm³/mol. The van der Waals surface area contributed by atoms with E-state index in [9.17, 15) is 14.7 Å². The van der Waals surface area contributed by atoms with Gasteiger partial charge in [-0.2, -0.15) is 0 Å². The number of pyridine rings is 1. The van der Waals surface area contributed by atoms with Crippen LogP contribution in [0.25, 0.3) is 0 Å². The Kier molecular flexibility index (Phi) is 4.75. The van der Waals surface area contributed by atoms with Crippen molar-refractivity contribution in [1.29, 1.82) is 0 Å². The van der Waals surface area contributed by atoms with Gasteiger partial charge >= 0.3 is 5.97 Å². The number of nitrogens with one attached hydrogen (secondary N) is 1. The molecule has 1 aliphatic carbocycles. The summed E-state index contributed by atoms with van der Waals surface area (Å²) in [7, 11) is 0. The molecule has 0 radical (unpaired) electrons. The zero-order valence-electron chi connectivity index (χ0n) is 11.2. The number of amides is 1. The predicted octanol–water partition coefficient (Wildman–Crippen LogP) is 2.92. The van der Waals surface area contributed by atoms with Crippen LogP contribution in [0, 0.1) is 17.8 Å². The van der Waals surface area contributed by atoms with Gasteiger partial charge < -0.3 is 10.4 Å². The number of aliphatic carboxylic acids is 1. The molecule has 1 amide bonds. The van der Waals surface area contributed by atoms with Crippen molar-refractivity contribution >= 4 is 33.6 Å². The third kappa shape index (κ3) is 3.17. The van der Waals surface area contributed by atoms with Gasteiger partial charge in [-0.3, -0.25) is 9.59 Å². The second kappa shape index (κ2) is 6.35. The topological polar surface area (TPSA) is 79.3 Å². The Morgan fingerprint density at radius 2 is 2.15 bits per heavy atom. The number of nitrogens with zero attached hydrogens (tertiary/aromatic N) is 1. The Labute approximate surface area is 125 Å². The maximum absolute atomic E-state index is 12.3. The molecule has 1 aromatic heterocycles. The number of aromatic nitrogens is 1. The van der Waals surface area contributed by atoms with Crippen LogP contribution in [-0.2, 0) is 9.59 Å². The third-order valence-electron chi connectivity index (χ3n) is 3.89. The highest BCUT2D eigenvalue weighted by molar-refractivity contribution is 9.10. The van der Waals surface area contributed by atoms with Crippen LogP contribution in [0.4, 0.5) is 5.82 Å². The summed E-state index contributed by atoms with van der Waals surface area (Å²) in [6, 6.07) is 3.53. The van der Waals surface area contributed by atoms with Crippen molar-refractivity contribution in [3.8, 4) is 0 Å². The van der Waals surface area contributed by atoms with Crippen molar-refractivity contribution < 1.29 is 14.7 Å². The fourth-order valence-electron chi connectivity index (χ4n) is 2.73. The van der Waals surface area contributed by atoms with Crippen LogP contribution in [0.2, 0.25) is 0 Å². The number of carboxylic acids is 1. The molecule has 0 aliphatic heterocycles. The number of hydrogen-bond donors (Lipinski definition) is 2. The minimum absolute atomic E-state index is 0.257. The molecule has 0 aromatic carbocycles. The molecule has 6 heteroatoms. The molecule has 2 N–H and O–H groups in total. The van der Waals surface area contributed by atoms with Crippen LogP contribution in [0.1, 0.15) is 26.2 Å². The van der Waals surface area contributed by atoms with Gasteiger partial charge in [-0.15, -0.1) is 0 Å². The summed E-state index contributed by atoms with van der Waals surface area (Å²) in [5.74, 6) is -1.48. The molecule has 0 saturated heterocycles. The summed E-state index contributed by atoms with van der Waals surface area (Å²) < 4.78 is 0.685. The van der Waals surface area contributed by atoms with Crippen LogP contribution in [0.15, 0.2) is 22.8 Å². The number of rotatable bonds is 4. The highest BCUT2D eigenvalue weighted by Gasteiger charge is 2.42. The van der Waals surface area contributed by atoms with Crippen LogP contribution in [0.5, 0.6) is 0 Å². The first-order chi connectivity index (χ1) is 9.52. The molecule has 3 atom stereocenters. The summed E-state index contributed by atoms with van der Waals surface area (Å²) in [4.78, 5) is 27.7. The largest absolute Gasteiger partial charge is 0.481 e. The zero-order valence-corrected chi connectivity index (χ0v) is 12.8. The lowest BCUT2D eigenvalue weighted by atomic mass is 9.95. The molecule has 1 unspecified atom stereocenters. The third-order valence-corrected chi connectivity index (χ3v) is 4.53. The summed E-state index contributed by atoms with van der Waals surface area (Å²) in [5, 5.41) is 12.0. The molecule has 0 spiro atoms. The van der Waals surface area contributed by atoms with Crippen LogP contribution in [-0.4, -0.2) is 22.0 Å². The van der Waals surface area contributed by atoms with E-state index >= 15 is 0 Å². The van der Waals surface area contributed by atoms with E-state index in [2.05, 4.69) is 26.2 Å². The molecular weight excluding hydrogens is 324 g/mol. The second-order valence-electron chi connectivity index (χ2n) is 5.12. The summed E-state index contributed by atoms with van der Waals surface area (Å²) in [6.07, 6.45) is 3.69. The summed E-state index contributed by atoms with van der Waals surface area (Å²) >= 11 is 3.31. The van der Waals surface area contributed by atoms with Crippen molar-refractivity contribution in [2.45, 2.75) is 26.2 Å². The average Bonchev–Trinajstić information content (AvgIpc) is 2.86. The first kappa shape index (κ1) is 15.0. The molecular formula is C14H17BrN2O3. The molecule has 1 heterocycles. The molecule has 1 saturated carbocycles. The van der Waals surface area contributed by atoms with Crippen molar-refractivity contribution in [3.05, 3.63) is 22.8 Å². The molecule has 0 bridgehead atoms. The van der Waals surface area contributed by atoms with Crippen LogP contribution < -0.4 is 5.32 Å². The monoisotopic (exact) mass is 340 g/mol. The van der Waals surface area contributed by atoms with E-state index in [1.54, 1.807) is 18.3 Å².